The molecular formula is C32H36Cl2F4N2O5. The van der Waals surface area contributed by atoms with E-state index in [0.29, 0.717) is 24.0 Å². The lowest BCUT2D eigenvalue weighted by molar-refractivity contribution is -0.190. The van der Waals surface area contributed by atoms with E-state index in [0.717, 1.165) is 30.9 Å². The minimum absolute atomic E-state index is 0.0209. The zero-order valence-electron chi connectivity index (χ0n) is 25.2. The number of likely N-dealkylation sites (tertiary alicyclic amines) is 1. The quantitative estimate of drug-likeness (QED) is 0.117. The highest BCUT2D eigenvalue weighted by atomic mass is 35.5. The molecule has 4 rings (SSSR count). The molecule has 2 aromatic carbocycles. The number of benzene rings is 2. The molecule has 0 bridgehead atoms. The van der Waals surface area contributed by atoms with E-state index in [-0.39, 0.29) is 58.5 Å². The van der Waals surface area contributed by atoms with Crippen LogP contribution in [0.5, 0.6) is 5.75 Å². The van der Waals surface area contributed by atoms with E-state index in [2.05, 4.69) is 0 Å². The van der Waals surface area contributed by atoms with Gasteiger partial charge in [0, 0.05) is 16.1 Å². The molecule has 1 N–H and O–H groups in total. The third kappa shape index (κ3) is 8.30. The van der Waals surface area contributed by atoms with Crippen molar-refractivity contribution in [2.24, 2.45) is 5.92 Å². The van der Waals surface area contributed by atoms with Crippen LogP contribution in [0.4, 0.5) is 17.6 Å². The first kappa shape index (κ1) is 35.0. The lowest BCUT2D eigenvalue weighted by Gasteiger charge is -2.38. The Morgan fingerprint density at radius 1 is 1.09 bits per heavy atom. The zero-order chi connectivity index (χ0) is 33.1. The van der Waals surface area contributed by atoms with Gasteiger partial charge in [-0.2, -0.15) is 13.2 Å². The van der Waals surface area contributed by atoms with Crippen LogP contribution in [0.3, 0.4) is 0 Å². The number of piperidine rings is 1. The summed E-state index contributed by atoms with van der Waals surface area (Å²) in [6.45, 7) is 2.89. The fraction of sp³-hybridized carbons (Fsp3) is 0.500. The number of hydrogen-bond donors (Lipinski definition) is 1. The second-order valence-electron chi connectivity index (χ2n) is 11.5. The van der Waals surface area contributed by atoms with Crippen molar-refractivity contribution in [3.8, 4) is 5.75 Å². The van der Waals surface area contributed by atoms with E-state index in [1.165, 1.54) is 29.2 Å². The predicted octanol–water partition coefficient (Wildman–Crippen LogP) is 7.30. The molecular weight excluding hydrogens is 639 g/mol. The van der Waals surface area contributed by atoms with Gasteiger partial charge in [0.15, 0.2) is 6.04 Å². The van der Waals surface area contributed by atoms with Gasteiger partial charge in [0.2, 0.25) is 0 Å². The Bertz CT molecular complexity index is 1400. The van der Waals surface area contributed by atoms with Crippen LogP contribution in [0.15, 0.2) is 42.0 Å². The van der Waals surface area contributed by atoms with Crippen LogP contribution in [0.25, 0.3) is 0 Å². The number of hydrogen-bond acceptors (Lipinski definition) is 6. The van der Waals surface area contributed by atoms with Crippen LogP contribution in [0.2, 0.25) is 10.0 Å². The molecule has 0 aromatic heterocycles. The maximum atomic E-state index is 15.5. The number of halogens is 6. The molecule has 13 heteroatoms. The fourth-order valence-corrected chi connectivity index (χ4v) is 6.29. The first-order valence-corrected chi connectivity index (χ1v) is 15.4. The number of carbonyl (C=O) groups is 2. The van der Waals surface area contributed by atoms with Crippen molar-refractivity contribution >= 4 is 35.1 Å². The van der Waals surface area contributed by atoms with E-state index < -0.39 is 42.7 Å². The molecule has 1 unspecified atom stereocenters. The van der Waals surface area contributed by atoms with Crippen LogP contribution >= 0.6 is 23.2 Å². The highest BCUT2D eigenvalue weighted by molar-refractivity contribution is 6.34. The molecule has 7 nitrogen and oxygen atoms in total. The number of amides is 1. The maximum Gasteiger partial charge on any atom is 0.408 e. The number of esters is 1. The highest BCUT2D eigenvalue weighted by Crippen LogP contribution is 2.46. The molecule has 1 aliphatic carbocycles. The summed E-state index contributed by atoms with van der Waals surface area (Å²) in [7, 11) is 1.16. The molecule has 2 aromatic rings. The Morgan fingerprint density at radius 2 is 1.71 bits per heavy atom. The monoisotopic (exact) mass is 674 g/mol. The Morgan fingerprint density at radius 3 is 2.22 bits per heavy atom. The Balaban J connectivity index is 1.48. The molecule has 1 amide bonds. The normalized spacial score (nSPS) is 18.0. The van der Waals surface area contributed by atoms with Gasteiger partial charge in [-0.1, -0.05) is 29.3 Å². The standard InChI is InChI=1S/C32H36Cl2F4N2O5/c1-4-18(2)28(31(43)44-3)40(17-41)30(42)25-14-24(20-5-6-20)27(15-26(25)35)45-16-19-7-9-39(10-8-19)29(32(36,37)38)21-11-22(33)13-23(34)12-21/h4,11-15,19-20,28-29,41H,5-10,16-17H2,1-3H3/b18-4+/t28-,29?/m0/s1. The smallest absolute Gasteiger partial charge is 0.408 e. The molecule has 2 aliphatic rings. The Kier molecular flexibility index (Phi) is 11.4. The summed E-state index contributed by atoms with van der Waals surface area (Å²) in [5.74, 6) is -2.32. The van der Waals surface area contributed by atoms with Gasteiger partial charge in [0.1, 0.15) is 24.3 Å². The van der Waals surface area contributed by atoms with Crippen LogP contribution in [-0.2, 0) is 9.53 Å². The minimum atomic E-state index is -4.54. The summed E-state index contributed by atoms with van der Waals surface area (Å²) >= 11 is 12.0. The van der Waals surface area contributed by atoms with Gasteiger partial charge in [-0.3, -0.25) is 14.6 Å². The molecule has 2 atom stereocenters. The molecule has 45 heavy (non-hydrogen) atoms. The largest absolute Gasteiger partial charge is 0.493 e. The molecule has 0 radical (unpaired) electrons. The van der Waals surface area contributed by atoms with Crippen molar-refractivity contribution in [1.29, 1.82) is 0 Å². The number of carbonyl (C=O) groups excluding carboxylic acids is 2. The first-order chi connectivity index (χ1) is 21.3. The summed E-state index contributed by atoms with van der Waals surface area (Å²) in [4.78, 5) is 28.1. The number of alkyl halides is 3. The van der Waals surface area contributed by atoms with Crippen molar-refractivity contribution in [3.05, 3.63) is 74.5 Å². The average Bonchev–Trinajstić information content (AvgIpc) is 3.83. The average molecular weight is 676 g/mol. The first-order valence-electron chi connectivity index (χ1n) is 14.6. The van der Waals surface area contributed by atoms with Gasteiger partial charge in [-0.25, -0.2) is 9.18 Å². The van der Waals surface area contributed by atoms with Gasteiger partial charge in [0.25, 0.3) is 5.91 Å². The van der Waals surface area contributed by atoms with Crippen LogP contribution in [0, 0.1) is 11.7 Å². The van der Waals surface area contributed by atoms with Gasteiger partial charge < -0.3 is 14.6 Å². The third-order valence-electron chi connectivity index (χ3n) is 8.38. The van der Waals surface area contributed by atoms with Crippen LogP contribution in [-0.4, -0.2) is 72.5 Å². The minimum Gasteiger partial charge on any atom is -0.493 e. The van der Waals surface area contributed by atoms with Crippen molar-refractivity contribution in [1.82, 2.24) is 9.80 Å². The summed E-state index contributed by atoms with van der Waals surface area (Å²) < 4.78 is 68.8. The second-order valence-corrected chi connectivity index (χ2v) is 12.3. The number of ether oxygens (including phenoxy) is 2. The highest BCUT2D eigenvalue weighted by Gasteiger charge is 2.46. The van der Waals surface area contributed by atoms with E-state index >= 15 is 4.39 Å². The molecule has 1 heterocycles. The van der Waals surface area contributed by atoms with E-state index in [4.69, 9.17) is 32.7 Å². The van der Waals surface area contributed by atoms with Gasteiger partial charge in [-0.05, 0) is 105 Å². The Hall–Kier alpha value is -2.86. The molecule has 0 spiro atoms. The fourth-order valence-electron chi connectivity index (χ4n) is 5.75. The summed E-state index contributed by atoms with van der Waals surface area (Å²) in [6.07, 6.45) is -0.478. The van der Waals surface area contributed by atoms with Crippen molar-refractivity contribution in [2.45, 2.75) is 63.7 Å². The maximum absolute atomic E-state index is 15.5. The summed E-state index contributed by atoms with van der Waals surface area (Å²) in [5.41, 5.74) is 0.731. The van der Waals surface area contributed by atoms with E-state index in [9.17, 15) is 27.9 Å². The SMILES string of the molecule is C/C=C(\C)[C@@H](C(=O)OC)N(CO)C(=O)c1cc(C2CC2)c(OCC2CCN(C(c3cc(Cl)cc(Cl)c3)C(F)(F)F)CC2)cc1F. The van der Waals surface area contributed by atoms with Crippen molar-refractivity contribution < 1.29 is 41.7 Å². The van der Waals surface area contributed by atoms with E-state index in [1.54, 1.807) is 19.9 Å². The number of rotatable bonds is 11. The van der Waals surface area contributed by atoms with Crippen molar-refractivity contribution in [3.63, 3.8) is 0 Å². The third-order valence-corrected chi connectivity index (χ3v) is 8.82. The van der Waals surface area contributed by atoms with E-state index in [1.807, 2.05) is 0 Å². The lowest BCUT2D eigenvalue weighted by Crippen LogP contribution is -2.47. The Labute approximate surface area is 269 Å². The predicted molar refractivity (Wildman–Crippen MR) is 162 cm³/mol. The number of aliphatic hydroxyl groups excluding tert-OH is 1. The summed E-state index contributed by atoms with van der Waals surface area (Å²) in [6, 6.07) is 3.38. The molecule has 1 aliphatic heterocycles. The number of allylic oxidation sites excluding steroid dienone is 1. The zero-order valence-corrected chi connectivity index (χ0v) is 26.7. The summed E-state index contributed by atoms with van der Waals surface area (Å²) in [5, 5.41) is 10.3. The topological polar surface area (TPSA) is 79.3 Å². The van der Waals surface area contributed by atoms with Crippen LogP contribution in [0.1, 0.15) is 73.0 Å². The molecule has 1 saturated heterocycles. The molecule has 246 valence electrons. The second kappa shape index (κ2) is 14.7. The van der Waals surface area contributed by atoms with Crippen molar-refractivity contribution in [2.75, 3.05) is 33.5 Å². The van der Waals surface area contributed by atoms with Gasteiger partial charge in [-0.15, -0.1) is 0 Å². The lowest BCUT2D eigenvalue weighted by atomic mass is 9.94. The van der Waals surface area contributed by atoms with Gasteiger partial charge >= 0.3 is 12.1 Å². The molecule has 1 saturated carbocycles. The number of nitrogens with zero attached hydrogens (tertiary/aromatic N) is 2. The molecule has 2 fully saturated rings. The number of aliphatic hydroxyl groups is 1. The van der Waals surface area contributed by atoms with Gasteiger partial charge in [0.05, 0.1) is 19.3 Å². The number of methoxy groups -OCH3 is 1. The van der Waals surface area contributed by atoms with Crippen LogP contribution < -0.4 is 4.74 Å².